The summed E-state index contributed by atoms with van der Waals surface area (Å²) >= 11 is 0. The number of aliphatic hydroxyl groups excluding tert-OH is 1. The van der Waals surface area contributed by atoms with Crippen molar-refractivity contribution < 1.29 is 27.8 Å². The zero-order chi connectivity index (χ0) is 17.0. The van der Waals surface area contributed by atoms with Gasteiger partial charge in [0, 0.05) is 12.5 Å². The van der Waals surface area contributed by atoms with Crippen molar-refractivity contribution in [3.63, 3.8) is 0 Å². The van der Waals surface area contributed by atoms with Gasteiger partial charge >= 0.3 is 12.1 Å². The van der Waals surface area contributed by atoms with E-state index in [0.29, 0.717) is 11.3 Å². The van der Waals surface area contributed by atoms with Crippen LogP contribution < -0.4 is 10.1 Å². The number of ether oxygens (including phenoxy) is 1. The van der Waals surface area contributed by atoms with Crippen LogP contribution in [0.4, 0.5) is 13.2 Å². The number of halogens is 3. The lowest BCUT2D eigenvalue weighted by atomic mass is 9.93. The number of benzene rings is 2. The van der Waals surface area contributed by atoms with Crippen molar-refractivity contribution in [3.8, 4) is 5.75 Å². The second-order valence-corrected chi connectivity index (χ2v) is 5.02. The molecular weight excluding hydrogens is 311 g/mol. The fraction of sp³-hybridized carbons (Fsp3) is 0.312. The monoisotopic (exact) mass is 327 g/mol. The summed E-state index contributed by atoms with van der Waals surface area (Å²) in [6.45, 7) is -0.709. The molecular formula is C16H16F3NO3. The Morgan fingerprint density at radius 2 is 2.04 bits per heavy atom. The molecule has 1 amide bonds. The Morgan fingerprint density at radius 3 is 2.65 bits per heavy atom. The number of methoxy groups -OCH3 is 1. The van der Waals surface area contributed by atoms with E-state index in [1.807, 2.05) is 17.4 Å². The summed E-state index contributed by atoms with van der Waals surface area (Å²) in [7, 11) is 1.51. The van der Waals surface area contributed by atoms with Crippen molar-refractivity contribution in [3.05, 3.63) is 42.0 Å². The molecule has 0 fully saturated rings. The van der Waals surface area contributed by atoms with Crippen LogP contribution in [0.1, 0.15) is 11.5 Å². The highest BCUT2D eigenvalue weighted by Gasteiger charge is 2.38. The molecule has 0 aromatic heterocycles. The van der Waals surface area contributed by atoms with Crippen LogP contribution in [0.25, 0.3) is 10.8 Å². The minimum absolute atomic E-state index is 0.314. The van der Waals surface area contributed by atoms with E-state index >= 15 is 0 Å². The molecule has 0 aliphatic rings. The van der Waals surface area contributed by atoms with Crippen molar-refractivity contribution in [1.29, 1.82) is 0 Å². The van der Waals surface area contributed by atoms with Gasteiger partial charge in [-0.3, -0.25) is 4.79 Å². The van der Waals surface area contributed by atoms with E-state index in [0.717, 1.165) is 10.8 Å². The maximum Gasteiger partial charge on any atom is 0.471 e. The topological polar surface area (TPSA) is 58.6 Å². The molecule has 2 aromatic rings. The third kappa shape index (κ3) is 3.92. The zero-order valence-corrected chi connectivity index (χ0v) is 12.4. The van der Waals surface area contributed by atoms with Gasteiger partial charge in [-0.15, -0.1) is 0 Å². The number of carbonyl (C=O) groups excluding carboxylic acids is 1. The van der Waals surface area contributed by atoms with Gasteiger partial charge in [0.05, 0.1) is 13.7 Å². The van der Waals surface area contributed by atoms with Crippen molar-refractivity contribution in [2.45, 2.75) is 12.1 Å². The van der Waals surface area contributed by atoms with Gasteiger partial charge in [0.2, 0.25) is 0 Å². The number of fused-ring (bicyclic) bond motifs is 1. The van der Waals surface area contributed by atoms with Crippen molar-refractivity contribution in [2.75, 3.05) is 20.3 Å². The summed E-state index contributed by atoms with van der Waals surface area (Å²) in [4.78, 5) is 10.9. The van der Waals surface area contributed by atoms with E-state index in [1.54, 1.807) is 24.3 Å². The maximum absolute atomic E-state index is 12.3. The quantitative estimate of drug-likeness (QED) is 0.887. The van der Waals surface area contributed by atoms with Crippen LogP contribution in [0.5, 0.6) is 5.75 Å². The van der Waals surface area contributed by atoms with E-state index in [-0.39, 0.29) is 6.54 Å². The molecule has 0 bridgehead atoms. The summed E-state index contributed by atoms with van der Waals surface area (Å²) in [5, 5.41) is 12.9. The minimum atomic E-state index is -4.94. The lowest BCUT2D eigenvalue weighted by Gasteiger charge is -2.18. The highest BCUT2D eigenvalue weighted by Crippen LogP contribution is 2.29. The van der Waals surface area contributed by atoms with Gasteiger partial charge in [-0.25, -0.2) is 0 Å². The second-order valence-electron chi connectivity index (χ2n) is 5.02. The van der Waals surface area contributed by atoms with Crippen LogP contribution >= 0.6 is 0 Å². The summed E-state index contributed by atoms with van der Waals surface area (Å²) < 4.78 is 42.0. The van der Waals surface area contributed by atoms with Crippen LogP contribution in [0.15, 0.2) is 36.4 Å². The number of hydrogen-bond donors (Lipinski definition) is 2. The molecule has 124 valence electrons. The molecule has 1 atom stereocenters. The molecule has 0 aliphatic carbocycles. The normalized spacial score (nSPS) is 12.9. The van der Waals surface area contributed by atoms with Crippen LogP contribution in [0, 0.1) is 0 Å². The smallest absolute Gasteiger partial charge is 0.471 e. The standard InChI is InChI=1S/C16H16F3NO3/c1-23-12-6-5-10-3-2-4-13(14(10)7-12)11(9-21)8-20-15(22)16(17,18)19/h2-7,11,21H,8-9H2,1H3,(H,20,22). The fourth-order valence-corrected chi connectivity index (χ4v) is 2.35. The van der Waals surface area contributed by atoms with E-state index in [9.17, 15) is 23.1 Å². The fourth-order valence-electron chi connectivity index (χ4n) is 2.35. The first-order valence-electron chi connectivity index (χ1n) is 6.89. The number of alkyl halides is 3. The highest BCUT2D eigenvalue weighted by atomic mass is 19.4. The molecule has 7 heteroatoms. The first-order valence-corrected chi connectivity index (χ1v) is 6.89. The van der Waals surface area contributed by atoms with Gasteiger partial charge in [0.15, 0.2) is 0 Å². The molecule has 0 saturated carbocycles. The Bertz CT molecular complexity index is 701. The Labute approximate surface area is 130 Å². The number of hydrogen-bond acceptors (Lipinski definition) is 3. The molecule has 2 N–H and O–H groups in total. The molecule has 0 saturated heterocycles. The summed E-state index contributed by atoms with van der Waals surface area (Å²) in [6.07, 6.45) is -4.94. The summed E-state index contributed by atoms with van der Waals surface area (Å²) in [5.41, 5.74) is 0.645. The SMILES string of the molecule is COc1ccc2cccc(C(CO)CNC(=O)C(F)(F)F)c2c1. The van der Waals surface area contributed by atoms with Gasteiger partial charge in [-0.2, -0.15) is 13.2 Å². The third-order valence-electron chi connectivity index (χ3n) is 3.55. The van der Waals surface area contributed by atoms with Gasteiger partial charge in [0.1, 0.15) is 5.75 Å². The highest BCUT2D eigenvalue weighted by molar-refractivity contribution is 5.88. The molecule has 2 aromatic carbocycles. The summed E-state index contributed by atoms with van der Waals surface area (Å²) in [5.74, 6) is -2.08. The van der Waals surface area contributed by atoms with Crippen LogP contribution in [-0.4, -0.2) is 37.5 Å². The van der Waals surface area contributed by atoms with Gasteiger partial charge in [0.25, 0.3) is 0 Å². The number of nitrogens with one attached hydrogen (secondary N) is 1. The average molecular weight is 327 g/mol. The number of carbonyl (C=O) groups is 1. The van der Waals surface area contributed by atoms with Crippen molar-refractivity contribution >= 4 is 16.7 Å². The lowest BCUT2D eigenvalue weighted by Crippen LogP contribution is -2.39. The molecule has 4 nitrogen and oxygen atoms in total. The Hall–Kier alpha value is -2.28. The maximum atomic E-state index is 12.3. The Morgan fingerprint density at radius 1 is 1.30 bits per heavy atom. The molecule has 1 unspecified atom stereocenters. The van der Waals surface area contributed by atoms with E-state index in [2.05, 4.69) is 0 Å². The van der Waals surface area contributed by atoms with Gasteiger partial charge < -0.3 is 15.2 Å². The summed E-state index contributed by atoms with van der Waals surface area (Å²) in [6, 6.07) is 10.6. The number of amides is 1. The lowest BCUT2D eigenvalue weighted by molar-refractivity contribution is -0.173. The second kappa shape index (κ2) is 6.87. The Balaban J connectivity index is 2.30. The molecule has 2 rings (SSSR count). The molecule has 0 heterocycles. The number of aliphatic hydroxyl groups is 1. The third-order valence-corrected chi connectivity index (χ3v) is 3.55. The van der Waals surface area contributed by atoms with Crippen LogP contribution in [-0.2, 0) is 4.79 Å². The predicted molar refractivity (Wildman–Crippen MR) is 79.4 cm³/mol. The van der Waals surface area contributed by atoms with E-state index in [4.69, 9.17) is 4.74 Å². The van der Waals surface area contributed by atoms with Crippen LogP contribution in [0.2, 0.25) is 0 Å². The van der Waals surface area contributed by atoms with E-state index in [1.165, 1.54) is 7.11 Å². The molecule has 0 radical (unpaired) electrons. The van der Waals surface area contributed by atoms with Crippen molar-refractivity contribution in [2.24, 2.45) is 0 Å². The first kappa shape index (κ1) is 17.1. The van der Waals surface area contributed by atoms with Crippen molar-refractivity contribution in [1.82, 2.24) is 5.32 Å². The molecule has 23 heavy (non-hydrogen) atoms. The molecule has 0 spiro atoms. The largest absolute Gasteiger partial charge is 0.497 e. The molecule has 0 aliphatic heterocycles. The number of rotatable bonds is 5. The average Bonchev–Trinajstić information content (AvgIpc) is 2.53. The van der Waals surface area contributed by atoms with E-state index < -0.39 is 24.6 Å². The first-order chi connectivity index (χ1) is 10.9. The van der Waals surface area contributed by atoms with Gasteiger partial charge in [-0.1, -0.05) is 24.3 Å². The van der Waals surface area contributed by atoms with Gasteiger partial charge in [-0.05, 0) is 28.5 Å². The predicted octanol–water partition coefficient (Wildman–Crippen LogP) is 2.60. The minimum Gasteiger partial charge on any atom is -0.497 e. The Kier molecular flexibility index (Phi) is 5.10. The zero-order valence-electron chi connectivity index (χ0n) is 12.4. The van der Waals surface area contributed by atoms with Crippen LogP contribution in [0.3, 0.4) is 0 Å².